The standard InChI is InChI=1S/C21H19F3N4O2/c1-21(2,30-3)17(4-5-29)27-20-16(24)6-11(9-25)18(28-20)14-10-26-19-13(14)7-12(22)8-15(19)23/h5-8,10,17,26H,4H2,1-3H3,(H,27,28). The molecule has 0 saturated heterocycles. The maximum absolute atomic E-state index is 14.7. The Morgan fingerprint density at radius 3 is 2.67 bits per heavy atom. The molecule has 9 heteroatoms. The molecule has 0 spiro atoms. The number of aromatic nitrogens is 2. The van der Waals surface area contributed by atoms with Crippen LogP contribution >= 0.6 is 0 Å². The van der Waals surface area contributed by atoms with E-state index in [1.165, 1.54) is 13.3 Å². The van der Waals surface area contributed by atoms with Crippen LogP contribution in [0.25, 0.3) is 22.2 Å². The van der Waals surface area contributed by atoms with Crippen molar-refractivity contribution in [3.8, 4) is 17.3 Å². The van der Waals surface area contributed by atoms with Gasteiger partial charge in [0.15, 0.2) is 11.6 Å². The molecule has 0 fully saturated rings. The summed E-state index contributed by atoms with van der Waals surface area (Å²) < 4.78 is 47.9. The lowest BCUT2D eigenvalue weighted by atomic mass is 9.96. The number of H-pyrrole nitrogens is 1. The van der Waals surface area contributed by atoms with Crippen LogP contribution in [0, 0.1) is 28.8 Å². The molecule has 3 rings (SSSR count). The average Bonchev–Trinajstić information content (AvgIpc) is 3.12. The smallest absolute Gasteiger partial charge is 0.166 e. The van der Waals surface area contributed by atoms with Gasteiger partial charge in [-0.15, -0.1) is 0 Å². The lowest BCUT2D eigenvalue weighted by Crippen LogP contribution is -2.44. The van der Waals surface area contributed by atoms with Gasteiger partial charge in [0, 0.05) is 36.7 Å². The summed E-state index contributed by atoms with van der Waals surface area (Å²) in [5.74, 6) is -2.63. The van der Waals surface area contributed by atoms with E-state index in [2.05, 4.69) is 15.3 Å². The Hall–Kier alpha value is -3.38. The summed E-state index contributed by atoms with van der Waals surface area (Å²) in [6, 6.07) is 4.05. The Labute approximate surface area is 170 Å². The zero-order chi connectivity index (χ0) is 22.1. The Kier molecular flexibility index (Phi) is 5.80. The van der Waals surface area contributed by atoms with Crippen molar-refractivity contribution in [3.63, 3.8) is 0 Å². The highest BCUT2D eigenvalue weighted by molar-refractivity contribution is 5.96. The summed E-state index contributed by atoms with van der Waals surface area (Å²) in [6.07, 6.45) is 2.06. The molecule has 2 aromatic heterocycles. The highest BCUT2D eigenvalue weighted by atomic mass is 19.1. The zero-order valence-electron chi connectivity index (χ0n) is 16.5. The number of halogens is 3. The van der Waals surface area contributed by atoms with Crippen LogP contribution in [0.2, 0.25) is 0 Å². The molecule has 0 saturated carbocycles. The summed E-state index contributed by atoms with van der Waals surface area (Å²) in [6.45, 7) is 3.45. The van der Waals surface area contributed by atoms with E-state index < -0.39 is 29.1 Å². The van der Waals surface area contributed by atoms with E-state index in [0.29, 0.717) is 6.29 Å². The molecule has 3 aromatic rings. The van der Waals surface area contributed by atoms with Crippen LogP contribution in [0.3, 0.4) is 0 Å². The predicted octanol–water partition coefficient (Wildman–Crippen LogP) is 4.31. The molecule has 2 N–H and O–H groups in total. The van der Waals surface area contributed by atoms with Crippen molar-refractivity contribution in [2.24, 2.45) is 0 Å². The Balaban J connectivity index is 2.16. The van der Waals surface area contributed by atoms with Crippen LogP contribution < -0.4 is 5.32 Å². The van der Waals surface area contributed by atoms with Crippen LogP contribution in [0.4, 0.5) is 19.0 Å². The van der Waals surface area contributed by atoms with E-state index >= 15 is 0 Å². The second-order valence-electron chi connectivity index (χ2n) is 7.25. The maximum atomic E-state index is 14.7. The van der Waals surface area contributed by atoms with E-state index in [0.717, 1.165) is 18.2 Å². The number of anilines is 1. The Bertz CT molecular complexity index is 1150. The number of pyridine rings is 1. The lowest BCUT2D eigenvalue weighted by molar-refractivity contribution is -0.109. The molecule has 6 nitrogen and oxygen atoms in total. The van der Waals surface area contributed by atoms with Gasteiger partial charge in [-0.1, -0.05) is 0 Å². The van der Waals surface area contributed by atoms with E-state index in [-0.39, 0.29) is 40.0 Å². The number of hydrogen-bond donors (Lipinski definition) is 2. The minimum atomic E-state index is -0.837. The minimum absolute atomic E-state index is 0.0147. The molecule has 2 heterocycles. The molecule has 156 valence electrons. The fourth-order valence-electron chi connectivity index (χ4n) is 3.15. The topological polar surface area (TPSA) is 90.8 Å². The zero-order valence-corrected chi connectivity index (χ0v) is 16.5. The van der Waals surface area contributed by atoms with E-state index in [9.17, 15) is 23.2 Å². The third-order valence-corrected chi connectivity index (χ3v) is 5.07. The predicted molar refractivity (Wildman–Crippen MR) is 105 cm³/mol. The number of nitriles is 1. The first kappa shape index (κ1) is 21.3. The van der Waals surface area contributed by atoms with Crippen LogP contribution in [-0.4, -0.2) is 35.0 Å². The molecule has 1 atom stereocenters. The number of carbonyl (C=O) groups excluding carboxylic acids is 1. The molecular formula is C21H19F3N4O2. The summed E-state index contributed by atoms with van der Waals surface area (Å²) in [5, 5.41) is 12.5. The second-order valence-corrected chi connectivity index (χ2v) is 7.25. The number of aromatic amines is 1. The monoisotopic (exact) mass is 416 g/mol. The Morgan fingerprint density at radius 1 is 1.30 bits per heavy atom. The van der Waals surface area contributed by atoms with Crippen LogP contribution in [0.5, 0.6) is 0 Å². The van der Waals surface area contributed by atoms with Crippen LogP contribution in [0.15, 0.2) is 24.4 Å². The van der Waals surface area contributed by atoms with Crippen molar-refractivity contribution >= 4 is 23.0 Å². The van der Waals surface area contributed by atoms with Gasteiger partial charge in [-0.05, 0) is 26.0 Å². The molecule has 0 radical (unpaired) electrons. The van der Waals surface area contributed by atoms with E-state index in [1.807, 2.05) is 6.07 Å². The lowest BCUT2D eigenvalue weighted by Gasteiger charge is -2.33. The fraction of sp³-hybridized carbons (Fsp3) is 0.286. The fourth-order valence-corrected chi connectivity index (χ4v) is 3.15. The number of aldehydes is 1. The number of carbonyl (C=O) groups is 1. The number of ether oxygens (including phenoxy) is 1. The Morgan fingerprint density at radius 2 is 2.03 bits per heavy atom. The van der Waals surface area contributed by atoms with Crippen molar-refractivity contribution < 1.29 is 22.7 Å². The number of nitrogens with one attached hydrogen (secondary N) is 2. The molecule has 0 amide bonds. The third kappa shape index (κ3) is 3.86. The number of hydrogen-bond acceptors (Lipinski definition) is 5. The van der Waals surface area contributed by atoms with Gasteiger partial charge in [-0.3, -0.25) is 0 Å². The summed E-state index contributed by atoms with van der Waals surface area (Å²) in [4.78, 5) is 18.0. The SMILES string of the molecule is COC(C)(C)C(CC=O)Nc1nc(-c2c[nH]c3c(F)cc(F)cc23)c(C#N)cc1F. The van der Waals surface area contributed by atoms with Crippen molar-refractivity contribution in [2.45, 2.75) is 31.9 Å². The van der Waals surface area contributed by atoms with Gasteiger partial charge in [0.05, 0.1) is 28.4 Å². The molecule has 30 heavy (non-hydrogen) atoms. The average molecular weight is 416 g/mol. The normalized spacial score (nSPS) is 12.6. The number of benzene rings is 1. The maximum Gasteiger partial charge on any atom is 0.166 e. The van der Waals surface area contributed by atoms with Crippen molar-refractivity contribution in [1.82, 2.24) is 9.97 Å². The first-order chi connectivity index (χ1) is 14.2. The highest BCUT2D eigenvalue weighted by Crippen LogP contribution is 2.33. The summed E-state index contributed by atoms with van der Waals surface area (Å²) >= 11 is 0. The van der Waals surface area contributed by atoms with Gasteiger partial charge in [0.1, 0.15) is 24.0 Å². The third-order valence-electron chi connectivity index (χ3n) is 5.07. The number of nitrogens with zero attached hydrogens (tertiary/aromatic N) is 2. The van der Waals surface area contributed by atoms with Gasteiger partial charge in [0.2, 0.25) is 0 Å². The minimum Gasteiger partial charge on any atom is -0.377 e. The molecule has 1 unspecified atom stereocenters. The first-order valence-corrected chi connectivity index (χ1v) is 9.04. The number of methoxy groups -OCH3 is 1. The highest BCUT2D eigenvalue weighted by Gasteiger charge is 2.30. The molecule has 1 aromatic carbocycles. The van der Waals surface area contributed by atoms with Gasteiger partial charge in [0.25, 0.3) is 0 Å². The second kappa shape index (κ2) is 8.16. The van der Waals surface area contributed by atoms with E-state index in [1.54, 1.807) is 13.8 Å². The first-order valence-electron chi connectivity index (χ1n) is 9.04. The largest absolute Gasteiger partial charge is 0.377 e. The van der Waals surface area contributed by atoms with Gasteiger partial charge in [-0.2, -0.15) is 5.26 Å². The molecule has 0 bridgehead atoms. The van der Waals surface area contributed by atoms with Crippen molar-refractivity contribution in [2.75, 3.05) is 12.4 Å². The van der Waals surface area contributed by atoms with Gasteiger partial charge < -0.3 is 19.8 Å². The number of fused-ring (bicyclic) bond motifs is 1. The van der Waals surface area contributed by atoms with Crippen molar-refractivity contribution in [3.05, 3.63) is 47.4 Å². The van der Waals surface area contributed by atoms with Crippen LogP contribution in [-0.2, 0) is 9.53 Å². The van der Waals surface area contributed by atoms with Crippen molar-refractivity contribution in [1.29, 1.82) is 5.26 Å². The van der Waals surface area contributed by atoms with Gasteiger partial charge in [-0.25, -0.2) is 18.2 Å². The molecule has 0 aliphatic carbocycles. The van der Waals surface area contributed by atoms with E-state index in [4.69, 9.17) is 4.74 Å². The quantitative estimate of drug-likeness (QED) is 0.560. The summed E-state index contributed by atoms with van der Waals surface area (Å²) in [5.41, 5.74) is -0.633. The summed E-state index contributed by atoms with van der Waals surface area (Å²) in [7, 11) is 1.46. The molecule has 0 aliphatic heterocycles. The van der Waals surface area contributed by atoms with Gasteiger partial charge >= 0.3 is 0 Å². The van der Waals surface area contributed by atoms with Crippen LogP contribution in [0.1, 0.15) is 25.8 Å². The molecule has 0 aliphatic rings. The number of rotatable bonds is 7. The molecular weight excluding hydrogens is 397 g/mol.